The van der Waals surface area contributed by atoms with Gasteiger partial charge < -0.3 is 38.8 Å². The van der Waals surface area contributed by atoms with Gasteiger partial charge in [-0.2, -0.15) is 0 Å². The van der Waals surface area contributed by atoms with Crippen LogP contribution in [-0.2, 0) is 30.3 Å². The van der Waals surface area contributed by atoms with Crippen molar-refractivity contribution >= 4 is 34.0 Å². The predicted octanol–water partition coefficient (Wildman–Crippen LogP) is 1.77. The van der Waals surface area contributed by atoms with Gasteiger partial charge in [0.15, 0.2) is 0 Å². The number of rotatable bonds is 16. The van der Waals surface area contributed by atoms with Crippen LogP contribution in [0.3, 0.4) is 0 Å². The molecule has 0 spiro atoms. The highest BCUT2D eigenvalue weighted by molar-refractivity contribution is 5.96. The molecule has 1 aliphatic rings. The molecule has 0 saturated carbocycles. The third-order valence-electron chi connectivity index (χ3n) is 7.05. The number of carboxylic acid groups (broad SMARTS) is 1. The zero-order valence-corrected chi connectivity index (χ0v) is 23.6. The van der Waals surface area contributed by atoms with E-state index in [4.69, 9.17) is 19.3 Å². The van der Waals surface area contributed by atoms with Gasteiger partial charge in [-0.15, -0.1) is 0 Å². The highest BCUT2D eigenvalue weighted by atomic mass is 16.5. The van der Waals surface area contributed by atoms with Crippen molar-refractivity contribution in [2.45, 2.75) is 19.4 Å². The quantitative estimate of drug-likeness (QED) is 0.240. The first-order valence-electron chi connectivity index (χ1n) is 14.1. The van der Waals surface area contributed by atoms with E-state index >= 15 is 0 Å². The van der Waals surface area contributed by atoms with Crippen LogP contribution in [0.4, 0.5) is 11.4 Å². The number of benzene rings is 1. The van der Waals surface area contributed by atoms with Crippen molar-refractivity contribution in [3.8, 4) is 0 Å². The molecule has 0 unspecified atom stereocenters. The topological polar surface area (TPSA) is 144 Å². The number of aliphatic hydroxyl groups is 1. The van der Waals surface area contributed by atoms with Crippen molar-refractivity contribution in [2.24, 2.45) is 5.92 Å². The minimum Gasteiger partial charge on any atom is -0.480 e. The average molecular weight is 583 g/mol. The second-order valence-electron chi connectivity index (χ2n) is 9.96. The SMILES string of the molecule is O=C(O)Cn1cc(N(CCOCCOCCOCCO)C(=O)[C@H]2CCCN(c3cncc4ccccc34)C2)ccc1=O. The molecule has 12 nitrogen and oxygen atoms in total. The molecule has 42 heavy (non-hydrogen) atoms. The summed E-state index contributed by atoms with van der Waals surface area (Å²) in [6.07, 6.45) is 6.60. The van der Waals surface area contributed by atoms with E-state index in [1.54, 1.807) is 11.0 Å². The number of fused-ring (bicyclic) bond motifs is 1. The smallest absolute Gasteiger partial charge is 0.323 e. The number of carboxylic acids is 1. The summed E-state index contributed by atoms with van der Waals surface area (Å²) in [7, 11) is 0. The molecule has 1 aromatic carbocycles. The van der Waals surface area contributed by atoms with E-state index in [2.05, 4.69) is 16.0 Å². The number of ether oxygens (including phenoxy) is 3. The standard InChI is InChI=1S/C30H38N4O8/c35-11-13-41-15-17-42-16-14-40-12-10-34(25-7-8-28(36)33(21-25)22-29(37)38)30(39)24-5-3-9-32(20-24)27-19-31-18-23-4-1-2-6-26(23)27/h1-2,4,6-8,18-19,21,24,35H,3,5,9-17,20,22H2,(H,37,38)/t24-/m0/s1. The summed E-state index contributed by atoms with van der Waals surface area (Å²) in [5.74, 6) is -1.59. The maximum absolute atomic E-state index is 14.0. The Morgan fingerprint density at radius 2 is 1.71 bits per heavy atom. The number of piperidine rings is 1. The zero-order chi connectivity index (χ0) is 29.7. The number of aliphatic hydroxyl groups excluding tert-OH is 1. The molecule has 3 heterocycles. The van der Waals surface area contributed by atoms with Gasteiger partial charge in [0.2, 0.25) is 5.91 Å². The molecule has 1 saturated heterocycles. The van der Waals surface area contributed by atoms with Crippen LogP contribution in [0.15, 0.2) is 59.8 Å². The van der Waals surface area contributed by atoms with Crippen LogP contribution in [0.2, 0.25) is 0 Å². The lowest BCUT2D eigenvalue weighted by Crippen LogP contribution is -2.46. The van der Waals surface area contributed by atoms with Crippen LogP contribution >= 0.6 is 0 Å². The molecule has 0 aliphatic carbocycles. The predicted molar refractivity (Wildman–Crippen MR) is 157 cm³/mol. The summed E-state index contributed by atoms with van der Waals surface area (Å²) >= 11 is 0. The van der Waals surface area contributed by atoms with E-state index in [1.165, 1.54) is 12.3 Å². The summed E-state index contributed by atoms with van der Waals surface area (Å²) in [6.45, 7) is 2.88. The van der Waals surface area contributed by atoms with Crippen molar-refractivity contribution in [1.82, 2.24) is 9.55 Å². The number of carbonyl (C=O) groups is 2. The fraction of sp³-hybridized carbons (Fsp3) is 0.467. The fourth-order valence-corrected chi connectivity index (χ4v) is 5.05. The fourth-order valence-electron chi connectivity index (χ4n) is 5.05. The normalized spacial score (nSPS) is 15.2. The third-order valence-corrected chi connectivity index (χ3v) is 7.05. The summed E-state index contributed by atoms with van der Waals surface area (Å²) < 4.78 is 17.4. The molecule has 1 fully saturated rings. The third kappa shape index (κ3) is 8.58. The van der Waals surface area contributed by atoms with Crippen LogP contribution in [0.25, 0.3) is 10.8 Å². The molecule has 12 heteroatoms. The van der Waals surface area contributed by atoms with Gasteiger partial charge in [-0.05, 0) is 18.9 Å². The molecule has 1 amide bonds. The van der Waals surface area contributed by atoms with E-state index in [9.17, 15) is 19.5 Å². The van der Waals surface area contributed by atoms with Crippen molar-refractivity contribution < 1.29 is 34.0 Å². The van der Waals surface area contributed by atoms with Crippen LogP contribution < -0.4 is 15.4 Å². The van der Waals surface area contributed by atoms with Gasteiger partial charge in [0.25, 0.3) is 5.56 Å². The largest absolute Gasteiger partial charge is 0.480 e. The van der Waals surface area contributed by atoms with Crippen LogP contribution in [0.1, 0.15) is 12.8 Å². The van der Waals surface area contributed by atoms with Gasteiger partial charge in [0, 0.05) is 48.9 Å². The van der Waals surface area contributed by atoms with Gasteiger partial charge in [-0.3, -0.25) is 19.4 Å². The van der Waals surface area contributed by atoms with Crippen molar-refractivity contribution in [3.63, 3.8) is 0 Å². The van der Waals surface area contributed by atoms with E-state index in [1.807, 2.05) is 30.6 Å². The Labute approximate surface area is 244 Å². The Morgan fingerprint density at radius 3 is 2.48 bits per heavy atom. The number of amides is 1. The van der Waals surface area contributed by atoms with E-state index in [0.29, 0.717) is 45.1 Å². The number of aromatic nitrogens is 2. The number of anilines is 2. The Hall–Kier alpha value is -3.84. The first kappa shape index (κ1) is 31.1. The van der Waals surface area contributed by atoms with E-state index < -0.39 is 18.1 Å². The summed E-state index contributed by atoms with van der Waals surface area (Å²) in [4.78, 5) is 45.8. The molecule has 2 aromatic heterocycles. The lowest BCUT2D eigenvalue weighted by Gasteiger charge is -2.36. The Bertz CT molecular complexity index is 1380. The lowest BCUT2D eigenvalue weighted by molar-refractivity contribution is -0.137. The molecule has 3 aromatic rings. The van der Waals surface area contributed by atoms with Crippen molar-refractivity contribution in [1.29, 1.82) is 0 Å². The van der Waals surface area contributed by atoms with E-state index in [-0.39, 0.29) is 38.2 Å². The number of hydrogen-bond acceptors (Lipinski definition) is 9. The van der Waals surface area contributed by atoms with Gasteiger partial charge in [0.05, 0.1) is 69.7 Å². The van der Waals surface area contributed by atoms with Crippen LogP contribution in [0.5, 0.6) is 0 Å². The van der Waals surface area contributed by atoms with Gasteiger partial charge in [0.1, 0.15) is 6.54 Å². The van der Waals surface area contributed by atoms with Crippen molar-refractivity contribution in [2.75, 3.05) is 75.7 Å². The molecule has 1 atom stereocenters. The first-order chi connectivity index (χ1) is 20.5. The van der Waals surface area contributed by atoms with Crippen molar-refractivity contribution in [3.05, 3.63) is 65.3 Å². The number of nitrogens with zero attached hydrogens (tertiary/aromatic N) is 4. The van der Waals surface area contributed by atoms with Crippen LogP contribution in [-0.4, -0.2) is 97.5 Å². The highest BCUT2D eigenvalue weighted by Crippen LogP contribution is 2.30. The Morgan fingerprint density at radius 1 is 0.976 bits per heavy atom. The maximum Gasteiger partial charge on any atom is 0.323 e. The summed E-state index contributed by atoms with van der Waals surface area (Å²) in [5.41, 5.74) is 0.958. The number of aliphatic carboxylic acids is 1. The molecule has 0 bridgehead atoms. The lowest BCUT2D eigenvalue weighted by atomic mass is 9.95. The Balaban J connectivity index is 1.45. The molecule has 4 rings (SSSR count). The number of pyridine rings is 2. The molecule has 0 radical (unpaired) electrons. The maximum atomic E-state index is 14.0. The molecular weight excluding hydrogens is 544 g/mol. The minimum atomic E-state index is -1.15. The average Bonchev–Trinajstić information content (AvgIpc) is 3.00. The summed E-state index contributed by atoms with van der Waals surface area (Å²) in [5, 5.41) is 20.1. The Kier molecular flexibility index (Phi) is 11.8. The van der Waals surface area contributed by atoms with Gasteiger partial charge in [-0.1, -0.05) is 24.3 Å². The molecule has 1 aliphatic heterocycles. The summed E-state index contributed by atoms with van der Waals surface area (Å²) in [6, 6.07) is 10.9. The number of carbonyl (C=O) groups excluding carboxylic acids is 1. The second-order valence-corrected chi connectivity index (χ2v) is 9.96. The first-order valence-corrected chi connectivity index (χ1v) is 14.1. The van der Waals surface area contributed by atoms with Crippen LogP contribution in [0, 0.1) is 5.92 Å². The monoisotopic (exact) mass is 582 g/mol. The highest BCUT2D eigenvalue weighted by Gasteiger charge is 2.31. The van der Waals surface area contributed by atoms with E-state index in [0.717, 1.165) is 34.0 Å². The molecule has 226 valence electrons. The zero-order valence-electron chi connectivity index (χ0n) is 23.6. The molecular formula is C30H38N4O8. The minimum absolute atomic E-state index is 0.0363. The van der Waals surface area contributed by atoms with Gasteiger partial charge >= 0.3 is 5.97 Å². The number of hydrogen-bond donors (Lipinski definition) is 2. The molecule has 2 N–H and O–H groups in total. The van der Waals surface area contributed by atoms with Gasteiger partial charge in [-0.25, -0.2) is 0 Å². The second kappa shape index (κ2) is 16.0.